The van der Waals surface area contributed by atoms with E-state index >= 15 is 0 Å². The van der Waals surface area contributed by atoms with Crippen LogP contribution in [0.3, 0.4) is 0 Å². The van der Waals surface area contributed by atoms with Crippen LogP contribution in [0.15, 0.2) is 55.0 Å². The molecule has 0 aliphatic rings. The molecule has 3 N–H and O–H groups in total. The largest absolute Gasteiger partial charge is 0.308 e. The standard InChI is InChI=1S/C18H15N11/c1-11-22-16(26-15-19-8-4-9-20-15)27-17(23-11)29-13-6-3-2-5-12(13)24-18(29)25-14-7-10-21-28-14/h2-10H,1H3,(H2,21,24,25,28)(H,19,20,22,23,26,27). The third-order valence-electron chi connectivity index (χ3n) is 4.03. The van der Waals surface area contributed by atoms with E-state index < -0.39 is 0 Å². The van der Waals surface area contributed by atoms with Gasteiger partial charge in [0, 0.05) is 24.7 Å². The lowest BCUT2D eigenvalue weighted by Crippen LogP contribution is -2.11. The van der Waals surface area contributed by atoms with E-state index in [4.69, 9.17) is 0 Å². The minimum absolute atomic E-state index is 0.335. The highest BCUT2D eigenvalue weighted by Crippen LogP contribution is 2.25. The van der Waals surface area contributed by atoms with Crippen molar-refractivity contribution in [3.63, 3.8) is 0 Å². The van der Waals surface area contributed by atoms with Gasteiger partial charge in [-0.15, -0.1) is 0 Å². The third kappa shape index (κ3) is 3.32. The summed E-state index contributed by atoms with van der Waals surface area (Å²) < 4.78 is 1.82. The Bertz CT molecular complexity index is 1260. The second-order valence-corrected chi connectivity index (χ2v) is 6.05. The molecule has 0 spiro atoms. The van der Waals surface area contributed by atoms with E-state index in [-0.39, 0.29) is 0 Å². The van der Waals surface area contributed by atoms with Crippen molar-refractivity contribution in [3.05, 3.63) is 60.8 Å². The molecule has 0 aliphatic heterocycles. The number of nitrogens with zero attached hydrogens (tertiary/aromatic N) is 8. The number of para-hydroxylation sites is 2. The Morgan fingerprint density at radius 3 is 2.55 bits per heavy atom. The van der Waals surface area contributed by atoms with Gasteiger partial charge in [-0.1, -0.05) is 12.1 Å². The molecular weight excluding hydrogens is 370 g/mol. The van der Waals surface area contributed by atoms with Crippen molar-refractivity contribution in [2.24, 2.45) is 0 Å². The fraction of sp³-hybridized carbons (Fsp3) is 0.0556. The number of fused-ring (bicyclic) bond motifs is 1. The minimum Gasteiger partial charge on any atom is -0.308 e. The zero-order valence-corrected chi connectivity index (χ0v) is 15.3. The molecule has 4 heterocycles. The summed E-state index contributed by atoms with van der Waals surface area (Å²) in [4.78, 5) is 26.4. The smallest absolute Gasteiger partial charge is 0.242 e. The van der Waals surface area contributed by atoms with E-state index in [0.29, 0.717) is 35.4 Å². The van der Waals surface area contributed by atoms with Crippen LogP contribution in [-0.4, -0.2) is 44.7 Å². The molecule has 11 heteroatoms. The SMILES string of the molecule is Cc1nc(Nc2ncccn2)nc(-n2c(Nc3cc[nH]n3)nc3ccccc32)n1. The fourth-order valence-corrected chi connectivity index (χ4v) is 2.84. The number of hydrogen-bond acceptors (Lipinski definition) is 9. The lowest BCUT2D eigenvalue weighted by Gasteiger charge is -2.10. The van der Waals surface area contributed by atoms with Gasteiger partial charge in [0.2, 0.25) is 23.8 Å². The predicted molar refractivity (Wildman–Crippen MR) is 106 cm³/mol. The molecule has 4 aromatic heterocycles. The Kier molecular flexibility index (Phi) is 4.02. The van der Waals surface area contributed by atoms with Crippen molar-refractivity contribution in [2.45, 2.75) is 6.92 Å². The van der Waals surface area contributed by atoms with Crippen molar-refractivity contribution in [1.29, 1.82) is 0 Å². The van der Waals surface area contributed by atoms with Gasteiger partial charge in [0.05, 0.1) is 11.0 Å². The number of anilines is 4. The second kappa shape index (κ2) is 6.96. The molecule has 0 amide bonds. The normalized spacial score (nSPS) is 10.9. The van der Waals surface area contributed by atoms with E-state index in [0.717, 1.165) is 11.0 Å². The third-order valence-corrected chi connectivity index (χ3v) is 4.03. The first-order valence-corrected chi connectivity index (χ1v) is 8.78. The maximum absolute atomic E-state index is 4.66. The van der Waals surface area contributed by atoms with Crippen LogP contribution in [0.1, 0.15) is 5.82 Å². The number of nitrogens with one attached hydrogen (secondary N) is 3. The van der Waals surface area contributed by atoms with Crippen LogP contribution in [0.4, 0.5) is 23.7 Å². The lowest BCUT2D eigenvalue weighted by molar-refractivity contribution is 0.887. The maximum Gasteiger partial charge on any atom is 0.242 e. The highest BCUT2D eigenvalue weighted by molar-refractivity contribution is 5.81. The van der Waals surface area contributed by atoms with E-state index in [2.05, 4.69) is 50.7 Å². The maximum atomic E-state index is 4.66. The lowest BCUT2D eigenvalue weighted by atomic mass is 10.3. The first kappa shape index (κ1) is 16.7. The molecule has 0 bridgehead atoms. The molecule has 0 unspecified atom stereocenters. The number of aryl methyl sites for hydroxylation is 1. The molecular formula is C18H15N11. The Morgan fingerprint density at radius 2 is 1.72 bits per heavy atom. The van der Waals surface area contributed by atoms with Crippen molar-refractivity contribution in [1.82, 2.24) is 44.7 Å². The summed E-state index contributed by atoms with van der Waals surface area (Å²) in [7, 11) is 0. The number of hydrogen-bond donors (Lipinski definition) is 3. The quantitative estimate of drug-likeness (QED) is 0.417. The topological polar surface area (TPSA) is 135 Å². The highest BCUT2D eigenvalue weighted by atomic mass is 15.3. The van der Waals surface area contributed by atoms with Gasteiger partial charge < -0.3 is 5.32 Å². The molecule has 142 valence electrons. The number of H-pyrrole nitrogens is 1. The fourth-order valence-electron chi connectivity index (χ4n) is 2.84. The molecule has 5 rings (SSSR count). The first-order valence-electron chi connectivity index (χ1n) is 8.78. The summed E-state index contributed by atoms with van der Waals surface area (Å²) in [5.74, 6) is 2.84. The summed E-state index contributed by atoms with van der Waals surface area (Å²) >= 11 is 0. The van der Waals surface area contributed by atoms with Gasteiger partial charge in [-0.2, -0.15) is 20.1 Å². The average Bonchev–Trinajstić information content (AvgIpc) is 3.36. The Balaban J connectivity index is 1.63. The van der Waals surface area contributed by atoms with Gasteiger partial charge in [0.15, 0.2) is 5.82 Å². The molecule has 0 saturated heterocycles. The van der Waals surface area contributed by atoms with Crippen LogP contribution >= 0.6 is 0 Å². The summed E-state index contributed by atoms with van der Waals surface area (Å²) in [5, 5.41) is 13.1. The average molecular weight is 385 g/mol. The van der Waals surface area contributed by atoms with Crippen LogP contribution in [0, 0.1) is 6.92 Å². The molecule has 1 aromatic carbocycles. The van der Waals surface area contributed by atoms with Crippen LogP contribution in [0.25, 0.3) is 17.0 Å². The number of imidazole rings is 1. The Labute approximate surface area is 164 Å². The molecule has 0 saturated carbocycles. The van der Waals surface area contributed by atoms with Gasteiger partial charge >= 0.3 is 0 Å². The molecule has 0 radical (unpaired) electrons. The number of rotatable bonds is 5. The first-order chi connectivity index (χ1) is 14.3. The summed E-state index contributed by atoms with van der Waals surface area (Å²) in [6, 6.07) is 11.3. The molecule has 0 atom stereocenters. The number of benzene rings is 1. The van der Waals surface area contributed by atoms with E-state index in [1.54, 1.807) is 31.6 Å². The Morgan fingerprint density at radius 1 is 0.862 bits per heavy atom. The molecule has 0 aliphatic carbocycles. The predicted octanol–water partition coefficient (Wildman–Crippen LogP) is 2.52. The summed E-state index contributed by atoms with van der Waals surface area (Å²) in [5.41, 5.74) is 1.64. The highest BCUT2D eigenvalue weighted by Gasteiger charge is 2.17. The second-order valence-electron chi connectivity index (χ2n) is 6.05. The van der Waals surface area contributed by atoms with E-state index in [1.807, 2.05) is 34.9 Å². The molecule has 0 fully saturated rings. The summed E-state index contributed by atoms with van der Waals surface area (Å²) in [6.45, 7) is 1.79. The minimum atomic E-state index is 0.335. The van der Waals surface area contributed by atoms with Crippen molar-refractivity contribution in [3.8, 4) is 5.95 Å². The van der Waals surface area contributed by atoms with Crippen LogP contribution < -0.4 is 10.6 Å². The van der Waals surface area contributed by atoms with Gasteiger partial charge in [-0.05, 0) is 25.1 Å². The van der Waals surface area contributed by atoms with Gasteiger partial charge in [0.25, 0.3) is 0 Å². The molecule has 29 heavy (non-hydrogen) atoms. The van der Waals surface area contributed by atoms with Gasteiger partial charge in [0.1, 0.15) is 5.82 Å². The Hall–Kier alpha value is -4.41. The monoisotopic (exact) mass is 385 g/mol. The number of aromatic amines is 1. The van der Waals surface area contributed by atoms with Crippen LogP contribution in [-0.2, 0) is 0 Å². The van der Waals surface area contributed by atoms with Crippen LogP contribution in [0.5, 0.6) is 0 Å². The molecule has 5 aromatic rings. The van der Waals surface area contributed by atoms with Crippen LogP contribution in [0.2, 0.25) is 0 Å². The molecule has 11 nitrogen and oxygen atoms in total. The van der Waals surface area contributed by atoms with Gasteiger partial charge in [-0.25, -0.2) is 19.5 Å². The van der Waals surface area contributed by atoms with Crippen molar-refractivity contribution < 1.29 is 0 Å². The van der Waals surface area contributed by atoms with Gasteiger partial charge in [-0.3, -0.25) is 10.4 Å². The number of aromatic nitrogens is 9. The zero-order chi connectivity index (χ0) is 19.6. The zero-order valence-electron chi connectivity index (χ0n) is 15.3. The van der Waals surface area contributed by atoms with Crippen molar-refractivity contribution in [2.75, 3.05) is 10.6 Å². The summed E-state index contributed by atoms with van der Waals surface area (Å²) in [6.07, 6.45) is 5.00. The van der Waals surface area contributed by atoms with Crippen molar-refractivity contribution >= 4 is 34.7 Å². The van der Waals surface area contributed by atoms with E-state index in [9.17, 15) is 0 Å². The van der Waals surface area contributed by atoms with E-state index in [1.165, 1.54) is 0 Å².